The van der Waals surface area contributed by atoms with Crippen LogP contribution < -0.4 is 0 Å². The van der Waals surface area contributed by atoms with Crippen LogP contribution >= 0.6 is 0 Å². The molecule has 2 heterocycles. The number of benzene rings is 1. The molecule has 1 atom stereocenters. The highest BCUT2D eigenvalue weighted by molar-refractivity contribution is 5.79. The minimum absolute atomic E-state index is 0.0614. The van der Waals surface area contributed by atoms with Gasteiger partial charge in [-0.15, -0.1) is 0 Å². The first-order valence-corrected chi connectivity index (χ1v) is 9.02. The maximum Gasteiger partial charge on any atom is 0.224 e. The van der Waals surface area contributed by atoms with Gasteiger partial charge in [0.2, 0.25) is 11.8 Å². The van der Waals surface area contributed by atoms with Gasteiger partial charge in [0.1, 0.15) is 11.6 Å². The first-order chi connectivity index (χ1) is 12.0. The molecule has 1 unspecified atom stereocenters. The van der Waals surface area contributed by atoms with Crippen molar-refractivity contribution in [2.75, 3.05) is 26.2 Å². The van der Waals surface area contributed by atoms with Gasteiger partial charge in [0.25, 0.3) is 0 Å². The first kappa shape index (κ1) is 17.8. The lowest BCUT2D eigenvalue weighted by molar-refractivity contribution is -0.135. The van der Waals surface area contributed by atoms with E-state index in [9.17, 15) is 18.4 Å². The molecule has 0 aromatic heterocycles. The third kappa shape index (κ3) is 4.77. The molecule has 0 N–H and O–H groups in total. The van der Waals surface area contributed by atoms with Gasteiger partial charge in [-0.25, -0.2) is 8.78 Å². The minimum Gasteiger partial charge on any atom is -0.342 e. The maximum absolute atomic E-state index is 13.3. The molecule has 25 heavy (non-hydrogen) atoms. The van der Waals surface area contributed by atoms with Crippen LogP contribution in [0.3, 0.4) is 0 Å². The van der Waals surface area contributed by atoms with Crippen LogP contribution in [0, 0.1) is 17.6 Å². The number of hydrogen-bond acceptors (Lipinski definition) is 2. The van der Waals surface area contributed by atoms with Gasteiger partial charge >= 0.3 is 0 Å². The Bertz CT molecular complexity index is 630. The topological polar surface area (TPSA) is 40.6 Å². The average molecular weight is 350 g/mol. The monoisotopic (exact) mass is 350 g/mol. The van der Waals surface area contributed by atoms with Crippen molar-refractivity contribution in [2.24, 2.45) is 5.92 Å². The van der Waals surface area contributed by atoms with Crippen LogP contribution in [0.25, 0.3) is 0 Å². The van der Waals surface area contributed by atoms with Crippen molar-refractivity contribution in [2.45, 2.75) is 38.5 Å². The summed E-state index contributed by atoms with van der Waals surface area (Å²) in [4.78, 5) is 27.7. The third-order valence-corrected chi connectivity index (χ3v) is 5.10. The molecule has 1 aromatic rings. The van der Waals surface area contributed by atoms with Crippen molar-refractivity contribution in [3.05, 3.63) is 35.4 Å². The number of piperidine rings is 1. The smallest absolute Gasteiger partial charge is 0.224 e. The lowest BCUT2D eigenvalue weighted by atomic mass is 9.98. The highest BCUT2D eigenvalue weighted by Gasteiger charge is 2.27. The number of amides is 2. The summed E-state index contributed by atoms with van der Waals surface area (Å²) in [6.45, 7) is 2.54. The number of carbonyl (C=O) groups excluding carboxylic acids is 2. The van der Waals surface area contributed by atoms with Gasteiger partial charge in [0, 0.05) is 45.1 Å². The molecule has 0 aliphatic carbocycles. The van der Waals surface area contributed by atoms with Gasteiger partial charge in [-0.05, 0) is 49.3 Å². The SMILES string of the molecule is O=C1CCCCN1CCC(=O)N1CCC(Cc2cc(F)cc(F)c2)C1. The summed E-state index contributed by atoms with van der Waals surface area (Å²) in [7, 11) is 0. The molecule has 3 rings (SSSR count). The van der Waals surface area contributed by atoms with E-state index in [0.717, 1.165) is 31.9 Å². The molecular weight excluding hydrogens is 326 g/mol. The quantitative estimate of drug-likeness (QED) is 0.819. The van der Waals surface area contributed by atoms with Crippen molar-refractivity contribution in [3.8, 4) is 0 Å². The second kappa shape index (κ2) is 7.93. The molecule has 0 saturated carbocycles. The van der Waals surface area contributed by atoms with E-state index in [0.29, 0.717) is 44.5 Å². The van der Waals surface area contributed by atoms with Crippen LogP contribution in [0.15, 0.2) is 18.2 Å². The van der Waals surface area contributed by atoms with Crippen molar-refractivity contribution >= 4 is 11.8 Å². The highest BCUT2D eigenvalue weighted by Crippen LogP contribution is 2.22. The number of carbonyl (C=O) groups is 2. The number of nitrogens with zero attached hydrogens (tertiary/aromatic N) is 2. The van der Waals surface area contributed by atoms with E-state index in [1.807, 2.05) is 4.90 Å². The summed E-state index contributed by atoms with van der Waals surface area (Å²) < 4.78 is 26.6. The molecule has 0 spiro atoms. The first-order valence-electron chi connectivity index (χ1n) is 9.02. The van der Waals surface area contributed by atoms with Crippen molar-refractivity contribution < 1.29 is 18.4 Å². The van der Waals surface area contributed by atoms with E-state index in [-0.39, 0.29) is 17.7 Å². The van der Waals surface area contributed by atoms with E-state index < -0.39 is 11.6 Å². The molecule has 1 aromatic carbocycles. The second-order valence-corrected chi connectivity index (χ2v) is 7.06. The Kier molecular flexibility index (Phi) is 5.66. The van der Waals surface area contributed by atoms with Gasteiger partial charge in [0.05, 0.1) is 0 Å². The van der Waals surface area contributed by atoms with Crippen LogP contribution in [0.5, 0.6) is 0 Å². The Balaban J connectivity index is 1.46. The molecule has 2 amide bonds. The number of halogens is 2. The summed E-state index contributed by atoms with van der Waals surface area (Å²) in [6, 6.07) is 3.58. The standard InChI is InChI=1S/C19H24F2N2O2/c20-16-10-15(11-17(21)12-16)9-14-4-7-23(13-14)19(25)5-8-22-6-2-1-3-18(22)24/h10-12,14H,1-9,13H2. The van der Waals surface area contributed by atoms with Gasteiger partial charge in [-0.1, -0.05) is 0 Å². The molecule has 2 saturated heterocycles. The van der Waals surface area contributed by atoms with Crippen LogP contribution in [-0.4, -0.2) is 47.8 Å². The average Bonchev–Trinajstić information content (AvgIpc) is 3.01. The molecule has 2 aliphatic heterocycles. The van der Waals surface area contributed by atoms with Gasteiger partial charge in [-0.3, -0.25) is 9.59 Å². The third-order valence-electron chi connectivity index (χ3n) is 5.10. The Morgan fingerprint density at radius 2 is 1.88 bits per heavy atom. The molecule has 2 aliphatic rings. The zero-order valence-electron chi connectivity index (χ0n) is 14.3. The van der Waals surface area contributed by atoms with E-state index >= 15 is 0 Å². The fraction of sp³-hybridized carbons (Fsp3) is 0.579. The maximum atomic E-state index is 13.3. The Morgan fingerprint density at radius 1 is 1.12 bits per heavy atom. The number of rotatable bonds is 5. The highest BCUT2D eigenvalue weighted by atomic mass is 19.1. The van der Waals surface area contributed by atoms with Gasteiger partial charge in [0.15, 0.2) is 0 Å². The van der Waals surface area contributed by atoms with Crippen molar-refractivity contribution in [1.29, 1.82) is 0 Å². The van der Waals surface area contributed by atoms with E-state index in [1.165, 1.54) is 12.1 Å². The minimum atomic E-state index is -0.563. The second-order valence-electron chi connectivity index (χ2n) is 7.06. The van der Waals surface area contributed by atoms with E-state index in [4.69, 9.17) is 0 Å². The lowest BCUT2D eigenvalue weighted by Gasteiger charge is -2.27. The van der Waals surface area contributed by atoms with Crippen molar-refractivity contribution in [1.82, 2.24) is 9.80 Å². The summed E-state index contributed by atoms with van der Waals surface area (Å²) in [6.07, 6.45) is 4.31. The lowest BCUT2D eigenvalue weighted by Crippen LogP contribution is -2.39. The van der Waals surface area contributed by atoms with Gasteiger partial charge in [-0.2, -0.15) is 0 Å². The summed E-state index contributed by atoms with van der Waals surface area (Å²) >= 11 is 0. The fourth-order valence-corrected chi connectivity index (χ4v) is 3.77. The molecule has 4 nitrogen and oxygen atoms in total. The summed E-state index contributed by atoms with van der Waals surface area (Å²) in [5, 5.41) is 0. The van der Waals surface area contributed by atoms with Crippen LogP contribution in [-0.2, 0) is 16.0 Å². The Morgan fingerprint density at radius 3 is 2.60 bits per heavy atom. The Labute approximate surface area is 146 Å². The van der Waals surface area contributed by atoms with E-state index in [2.05, 4.69) is 0 Å². The summed E-state index contributed by atoms with van der Waals surface area (Å²) in [5.74, 6) is -0.696. The molecule has 6 heteroatoms. The van der Waals surface area contributed by atoms with Crippen molar-refractivity contribution in [3.63, 3.8) is 0 Å². The molecular formula is C19H24F2N2O2. The molecule has 2 fully saturated rings. The predicted octanol–water partition coefficient (Wildman–Crippen LogP) is 2.76. The molecule has 0 radical (unpaired) electrons. The van der Waals surface area contributed by atoms with Crippen LogP contribution in [0.2, 0.25) is 0 Å². The summed E-state index contributed by atoms with van der Waals surface area (Å²) in [5.41, 5.74) is 0.635. The van der Waals surface area contributed by atoms with Crippen LogP contribution in [0.4, 0.5) is 8.78 Å². The molecule has 136 valence electrons. The fourth-order valence-electron chi connectivity index (χ4n) is 3.77. The largest absolute Gasteiger partial charge is 0.342 e. The number of hydrogen-bond donors (Lipinski definition) is 0. The van der Waals surface area contributed by atoms with Crippen LogP contribution in [0.1, 0.15) is 37.7 Å². The number of likely N-dealkylation sites (tertiary alicyclic amines) is 2. The Hall–Kier alpha value is -1.98. The van der Waals surface area contributed by atoms with Gasteiger partial charge < -0.3 is 9.80 Å². The zero-order chi connectivity index (χ0) is 17.8. The molecule has 0 bridgehead atoms. The zero-order valence-corrected chi connectivity index (χ0v) is 14.3. The predicted molar refractivity (Wildman–Crippen MR) is 89.8 cm³/mol. The normalized spacial score (nSPS) is 21.0. The van der Waals surface area contributed by atoms with E-state index in [1.54, 1.807) is 4.90 Å².